The minimum Gasteiger partial charge on any atom is -0.380 e. The van der Waals surface area contributed by atoms with Gasteiger partial charge in [0.25, 0.3) is 0 Å². The van der Waals surface area contributed by atoms with E-state index in [1.807, 2.05) is 20.0 Å². The third-order valence-corrected chi connectivity index (χ3v) is 4.25. The van der Waals surface area contributed by atoms with Gasteiger partial charge in [0.05, 0.1) is 5.69 Å². The third-order valence-electron chi connectivity index (χ3n) is 4.25. The second-order valence-corrected chi connectivity index (χ2v) is 6.61. The van der Waals surface area contributed by atoms with Crippen molar-refractivity contribution in [3.05, 3.63) is 47.8 Å². The number of aromatic nitrogens is 1. The normalized spacial score (nSPS) is 14.1. The van der Waals surface area contributed by atoms with Crippen molar-refractivity contribution in [3.63, 3.8) is 0 Å². The molecule has 120 valence electrons. The fourth-order valence-electron chi connectivity index (χ4n) is 2.62. The molecule has 0 radical (unpaired) electrons. The van der Waals surface area contributed by atoms with Gasteiger partial charge in [-0.25, -0.2) is 0 Å². The number of carbonyl (C=O) groups excluding carboxylic acids is 1. The molecule has 23 heavy (non-hydrogen) atoms. The van der Waals surface area contributed by atoms with Crippen LogP contribution in [0.5, 0.6) is 0 Å². The summed E-state index contributed by atoms with van der Waals surface area (Å²) in [7, 11) is 0. The molecule has 1 aromatic heterocycles. The minimum atomic E-state index is -0.0449. The summed E-state index contributed by atoms with van der Waals surface area (Å²) in [6.07, 6.45) is 5.18. The van der Waals surface area contributed by atoms with Crippen LogP contribution in [0.15, 0.2) is 36.5 Å². The van der Waals surface area contributed by atoms with E-state index in [4.69, 9.17) is 0 Å². The lowest BCUT2D eigenvalue weighted by molar-refractivity contribution is 0.0935. The molecule has 1 N–H and O–H groups in total. The van der Waals surface area contributed by atoms with Crippen LogP contribution in [0, 0.1) is 5.92 Å². The van der Waals surface area contributed by atoms with Crippen molar-refractivity contribution < 1.29 is 4.79 Å². The van der Waals surface area contributed by atoms with Gasteiger partial charge in [-0.15, -0.1) is 0 Å². The standard InChI is InChI=1S/C20H24N2O/c1-4-14-6-5-7-15(10-14)16-11-18(22-17-8-9-17)19(21-12-16)20(23)13(2)3/h5-7,10-13,17,22H,4,8-9H2,1-3H3. The van der Waals surface area contributed by atoms with E-state index in [0.29, 0.717) is 11.7 Å². The molecule has 0 amide bonds. The summed E-state index contributed by atoms with van der Waals surface area (Å²) in [5.74, 6) is 0.0542. The molecule has 0 bridgehead atoms. The smallest absolute Gasteiger partial charge is 0.185 e. The maximum Gasteiger partial charge on any atom is 0.185 e. The molecule has 1 aromatic carbocycles. The van der Waals surface area contributed by atoms with Gasteiger partial charge in [-0.2, -0.15) is 0 Å². The first kappa shape index (κ1) is 15.7. The molecule has 0 atom stereocenters. The molecule has 3 rings (SSSR count). The Morgan fingerprint density at radius 3 is 2.70 bits per heavy atom. The highest BCUT2D eigenvalue weighted by atomic mass is 16.1. The van der Waals surface area contributed by atoms with Gasteiger partial charge in [-0.05, 0) is 36.5 Å². The van der Waals surface area contributed by atoms with Crippen molar-refractivity contribution in [2.45, 2.75) is 46.1 Å². The molecule has 1 saturated carbocycles. The fourth-order valence-corrected chi connectivity index (χ4v) is 2.62. The van der Waals surface area contributed by atoms with E-state index in [0.717, 1.165) is 23.2 Å². The zero-order valence-corrected chi connectivity index (χ0v) is 14.1. The second kappa shape index (κ2) is 6.53. The van der Waals surface area contributed by atoms with E-state index in [1.54, 1.807) is 0 Å². The topological polar surface area (TPSA) is 42.0 Å². The zero-order valence-electron chi connectivity index (χ0n) is 14.1. The van der Waals surface area contributed by atoms with Crippen LogP contribution in [0.3, 0.4) is 0 Å². The number of hydrogen-bond acceptors (Lipinski definition) is 3. The van der Waals surface area contributed by atoms with Crippen LogP contribution in [-0.4, -0.2) is 16.8 Å². The van der Waals surface area contributed by atoms with E-state index >= 15 is 0 Å². The van der Waals surface area contributed by atoms with E-state index in [9.17, 15) is 4.79 Å². The van der Waals surface area contributed by atoms with Gasteiger partial charge in [0, 0.05) is 23.7 Å². The highest BCUT2D eigenvalue weighted by molar-refractivity contribution is 6.01. The highest BCUT2D eigenvalue weighted by Crippen LogP contribution is 2.30. The Bertz CT molecular complexity index is 717. The molecule has 1 heterocycles. The Balaban J connectivity index is 2.00. The summed E-state index contributed by atoms with van der Waals surface area (Å²) in [6, 6.07) is 11.1. The molecule has 1 fully saturated rings. The quantitative estimate of drug-likeness (QED) is 0.785. The van der Waals surface area contributed by atoms with Crippen molar-refractivity contribution >= 4 is 11.5 Å². The summed E-state index contributed by atoms with van der Waals surface area (Å²) < 4.78 is 0. The maximum absolute atomic E-state index is 12.4. The lowest BCUT2D eigenvalue weighted by Gasteiger charge is -2.14. The molecular formula is C20H24N2O. The minimum absolute atomic E-state index is 0.0449. The lowest BCUT2D eigenvalue weighted by atomic mass is 10.00. The first-order valence-electron chi connectivity index (χ1n) is 8.48. The number of pyridine rings is 1. The van der Waals surface area contributed by atoms with Gasteiger partial charge in [-0.3, -0.25) is 9.78 Å². The maximum atomic E-state index is 12.4. The molecule has 3 nitrogen and oxygen atoms in total. The number of nitrogens with zero attached hydrogens (tertiary/aromatic N) is 1. The van der Waals surface area contributed by atoms with Crippen molar-refractivity contribution in [3.8, 4) is 11.1 Å². The predicted octanol–water partition coefficient (Wildman–Crippen LogP) is 4.72. The van der Waals surface area contributed by atoms with Gasteiger partial charge in [0.1, 0.15) is 5.69 Å². The van der Waals surface area contributed by atoms with Crippen LogP contribution in [0.2, 0.25) is 0 Å². The fraction of sp³-hybridized carbons (Fsp3) is 0.400. The molecule has 1 aliphatic rings. The SMILES string of the molecule is CCc1cccc(-c2cnc(C(=O)C(C)C)c(NC3CC3)c2)c1. The largest absolute Gasteiger partial charge is 0.380 e. The average Bonchev–Trinajstić information content (AvgIpc) is 3.38. The first-order valence-corrected chi connectivity index (χ1v) is 8.48. The molecule has 0 aliphatic heterocycles. The van der Waals surface area contributed by atoms with Crippen LogP contribution in [0.1, 0.15) is 49.7 Å². The van der Waals surface area contributed by atoms with Gasteiger partial charge in [0.2, 0.25) is 0 Å². The number of ketones is 1. The summed E-state index contributed by atoms with van der Waals surface area (Å²) in [5.41, 5.74) is 4.97. The van der Waals surface area contributed by atoms with Crippen molar-refractivity contribution in [2.24, 2.45) is 5.92 Å². The van der Waals surface area contributed by atoms with Gasteiger partial charge in [-0.1, -0.05) is 45.0 Å². The second-order valence-electron chi connectivity index (χ2n) is 6.61. The number of carbonyl (C=O) groups is 1. The Labute approximate surface area is 138 Å². The molecular weight excluding hydrogens is 284 g/mol. The van der Waals surface area contributed by atoms with Gasteiger partial charge < -0.3 is 5.32 Å². The first-order chi connectivity index (χ1) is 11.1. The van der Waals surface area contributed by atoms with Crippen LogP contribution in [0.25, 0.3) is 11.1 Å². The van der Waals surface area contributed by atoms with E-state index in [1.165, 1.54) is 18.4 Å². The number of hydrogen-bond donors (Lipinski definition) is 1. The Morgan fingerprint density at radius 1 is 1.26 bits per heavy atom. The van der Waals surface area contributed by atoms with Crippen molar-refractivity contribution in [2.75, 3.05) is 5.32 Å². The van der Waals surface area contributed by atoms with Crippen molar-refractivity contribution in [1.82, 2.24) is 4.98 Å². The molecule has 3 heteroatoms. The van der Waals surface area contributed by atoms with E-state index in [-0.39, 0.29) is 11.7 Å². The van der Waals surface area contributed by atoms with Crippen LogP contribution >= 0.6 is 0 Å². The van der Waals surface area contributed by atoms with E-state index in [2.05, 4.69) is 47.6 Å². The Kier molecular flexibility index (Phi) is 4.46. The summed E-state index contributed by atoms with van der Waals surface area (Å²) >= 11 is 0. The summed E-state index contributed by atoms with van der Waals surface area (Å²) in [6.45, 7) is 5.99. The number of anilines is 1. The monoisotopic (exact) mass is 308 g/mol. The van der Waals surface area contributed by atoms with Gasteiger partial charge >= 0.3 is 0 Å². The molecule has 0 spiro atoms. The van der Waals surface area contributed by atoms with Crippen LogP contribution < -0.4 is 5.32 Å². The Hall–Kier alpha value is -2.16. The summed E-state index contributed by atoms with van der Waals surface area (Å²) in [5, 5.41) is 3.48. The highest BCUT2D eigenvalue weighted by Gasteiger charge is 2.25. The van der Waals surface area contributed by atoms with Crippen LogP contribution in [0.4, 0.5) is 5.69 Å². The number of aryl methyl sites for hydroxylation is 1. The number of benzene rings is 1. The zero-order chi connectivity index (χ0) is 16.4. The molecule has 0 saturated heterocycles. The van der Waals surface area contributed by atoms with Crippen molar-refractivity contribution in [1.29, 1.82) is 0 Å². The number of nitrogens with one attached hydrogen (secondary N) is 1. The number of Topliss-reactive ketones (excluding diaryl/α,β-unsaturated/α-hetero) is 1. The van der Waals surface area contributed by atoms with Crippen LogP contribution in [-0.2, 0) is 6.42 Å². The number of rotatable bonds is 6. The average molecular weight is 308 g/mol. The summed E-state index contributed by atoms with van der Waals surface area (Å²) in [4.78, 5) is 16.9. The third kappa shape index (κ3) is 3.61. The molecule has 2 aromatic rings. The van der Waals surface area contributed by atoms with Gasteiger partial charge in [0.15, 0.2) is 5.78 Å². The lowest BCUT2D eigenvalue weighted by Crippen LogP contribution is -2.14. The van der Waals surface area contributed by atoms with E-state index < -0.39 is 0 Å². The Morgan fingerprint density at radius 2 is 2.04 bits per heavy atom. The molecule has 1 aliphatic carbocycles. The predicted molar refractivity (Wildman–Crippen MR) is 94.9 cm³/mol. The molecule has 0 unspecified atom stereocenters.